The summed E-state index contributed by atoms with van der Waals surface area (Å²) in [4.78, 5) is 10.6. The van der Waals surface area contributed by atoms with Crippen molar-refractivity contribution in [3.63, 3.8) is 0 Å². The number of nitrogens with zero attached hydrogens (tertiary/aromatic N) is 4. The predicted octanol–water partition coefficient (Wildman–Crippen LogP) is 1.96. The Bertz CT molecular complexity index is 675. The van der Waals surface area contributed by atoms with Crippen LogP contribution in [-0.4, -0.2) is 19.7 Å². The molecule has 2 N–H and O–H groups in total. The van der Waals surface area contributed by atoms with E-state index in [1.54, 1.807) is 6.07 Å². The minimum absolute atomic E-state index is 0.0691. The molecule has 1 aliphatic rings. The van der Waals surface area contributed by atoms with Gasteiger partial charge in [-0.2, -0.15) is 0 Å². The lowest BCUT2D eigenvalue weighted by Gasteiger charge is -2.08. The van der Waals surface area contributed by atoms with Crippen LogP contribution in [0, 0.1) is 17.0 Å². The summed E-state index contributed by atoms with van der Waals surface area (Å²) < 4.78 is 2.01. The van der Waals surface area contributed by atoms with Gasteiger partial charge in [0.05, 0.1) is 11.5 Å². The Labute approximate surface area is 115 Å². The Kier molecular flexibility index (Phi) is 2.98. The summed E-state index contributed by atoms with van der Waals surface area (Å²) in [5.74, 6) is 1.39. The van der Waals surface area contributed by atoms with Gasteiger partial charge in [0.15, 0.2) is 5.82 Å². The van der Waals surface area contributed by atoms with Crippen LogP contribution in [0.25, 0.3) is 11.4 Å². The highest BCUT2D eigenvalue weighted by Crippen LogP contribution is 2.39. The van der Waals surface area contributed by atoms with Crippen LogP contribution >= 0.6 is 0 Å². The number of nitro groups is 1. The molecule has 0 atom stereocenters. The average molecular weight is 273 g/mol. The van der Waals surface area contributed by atoms with E-state index in [1.165, 1.54) is 6.07 Å². The van der Waals surface area contributed by atoms with Crippen LogP contribution in [0.5, 0.6) is 0 Å². The summed E-state index contributed by atoms with van der Waals surface area (Å²) in [7, 11) is 0. The molecule has 0 bridgehead atoms. The molecular formula is C13H15N5O2. The molecule has 7 nitrogen and oxygen atoms in total. The molecule has 1 aromatic heterocycles. The van der Waals surface area contributed by atoms with Gasteiger partial charge in [-0.1, -0.05) is 0 Å². The summed E-state index contributed by atoms with van der Waals surface area (Å²) >= 11 is 0. The number of nitrogens with two attached hydrogens (primary N) is 1. The third-order valence-corrected chi connectivity index (χ3v) is 3.39. The number of aromatic nitrogens is 3. The Balaban J connectivity index is 2.13. The van der Waals surface area contributed by atoms with Crippen molar-refractivity contribution in [2.24, 2.45) is 5.73 Å². The maximum atomic E-state index is 11.0. The van der Waals surface area contributed by atoms with E-state index >= 15 is 0 Å². The van der Waals surface area contributed by atoms with Gasteiger partial charge >= 0.3 is 0 Å². The fraction of sp³-hybridized carbons (Fsp3) is 0.385. The van der Waals surface area contributed by atoms with Crippen molar-refractivity contribution in [3.05, 3.63) is 39.7 Å². The number of rotatable bonds is 4. The second-order valence-corrected chi connectivity index (χ2v) is 5.06. The van der Waals surface area contributed by atoms with Gasteiger partial charge in [0.2, 0.25) is 0 Å². The zero-order valence-electron chi connectivity index (χ0n) is 11.1. The van der Waals surface area contributed by atoms with Crippen LogP contribution in [0.3, 0.4) is 0 Å². The lowest BCUT2D eigenvalue weighted by molar-refractivity contribution is -0.384. The zero-order valence-corrected chi connectivity index (χ0v) is 11.1. The van der Waals surface area contributed by atoms with Crippen LogP contribution in [0.1, 0.15) is 30.3 Å². The Morgan fingerprint density at radius 3 is 2.75 bits per heavy atom. The molecule has 104 valence electrons. The number of aryl methyl sites for hydroxylation is 1. The standard InChI is InChI=1S/C13H15N5O2/c1-8-4-9(6-11(5-8)18(19)20)13-16-15-12(7-14)17(13)10-2-3-10/h4-6,10H,2-3,7,14H2,1H3. The van der Waals surface area contributed by atoms with E-state index in [1.807, 2.05) is 17.6 Å². The molecule has 0 spiro atoms. The fourth-order valence-electron chi connectivity index (χ4n) is 2.37. The van der Waals surface area contributed by atoms with Gasteiger partial charge in [-0.3, -0.25) is 10.1 Å². The molecule has 1 heterocycles. The smallest absolute Gasteiger partial charge is 0.270 e. The number of hydrogen-bond acceptors (Lipinski definition) is 5. The molecule has 1 aliphatic carbocycles. The van der Waals surface area contributed by atoms with E-state index in [0.717, 1.165) is 29.8 Å². The molecule has 0 aliphatic heterocycles. The van der Waals surface area contributed by atoms with E-state index in [-0.39, 0.29) is 5.69 Å². The topological polar surface area (TPSA) is 99.9 Å². The van der Waals surface area contributed by atoms with Gasteiger partial charge in [0.1, 0.15) is 5.82 Å². The lowest BCUT2D eigenvalue weighted by Crippen LogP contribution is -2.08. The molecule has 1 fully saturated rings. The molecule has 20 heavy (non-hydrogen) atoms. The molecule has 0 amide bonds. The third-order valence-electron chi connectivity index (χ3n) is 3.39. The van der Waals surface area contributed by atoms with Crippen molar-refractivity contribution in [2.75, 3.05) is 0 Å². The predicted molar refractivity (Wildman–Crippen MR) is 73.0 cm³/mol. The van der Waals surface area contributed by atoms with Crippen LogP contribution < -0.4 is 5.73 Å². The Hall–Kier alpha value is -2.28. The fourth-order valence-corrected chi connectivity index (χ4v) is 2.37. The van der Waals surface area contributed by atoms with Gasteiger partial charge in [-0.05, 0) is 31.4 Å². The number of benzene rings is 1. The number of hydrogen-bond donors (Lipinski definition) is 1. The quantitative estimate of drug-likeness (QED) is 0.678. The van der Waals surface area contributed by atoms with E-state index < -0.39 is 4.92 Å². The Morgan fingerprint density at radius 1 is 1.40 bits per heavy atom. The van der Waals surface area contributed by atoms with Gasteiger partial charge < -0.3 is 10.3 Å². The van der Waals surface area contributed by atoms with Crippen LogP contribution in [-0.2, 0) is 6.54 Å². The highest BCUT2D eigenvalue weighted by molar-refractivity contribution is 5.61. The van der Waals surface area contributed by atoms with Crippen molar-refractivity contribution in [3.8, 4) is 11.4 Å². The van der Waals surface area contributed by atoms with Crippen LogP contribution in [0.15, 0.2) is 18.2 Å². The first-order valence-electron chi connectivity index (χ1n) is 6.50. The summed E-state index contributed by atoms with van der Waals surface area (Å²) in [6.45, 7) is 2.15. The van der Waals surface area contributed by atoms with Gasteiger partial charge in [-0.25, -0.2) is 0 Å². The van der Waals surface area contributed by atoms with Gasteiger partial charge in [0, 0.05) is 23.7 Å². The highest BCUT2D eigenvalue weighted by atomic mass is 16.6. The summed E-state index contributed by atoms with van der Waals surface area (Å²) in [6.07, 6.45) is 2.15. The van der Waals surface area contributed by atoms with Crippen molar-refractivity contribution < 1.29 is 4.92 Å². The molecule has 1 saturated carbocycles. The van der Waals surface area contributed by atoms with Crippen LogP contribution in [0.2, 0.25) is 0 Å². The van der Waals surface area contributed by atoms with Crippen molar-refractivity contribution >= 4 is 5.69 Å². The van der Waals surface area contributed by atoms with E-state index in [2.05, 4.69) is 10.2 Å². The van der Waals surface area contributed by atoms with Crippen molar-refractivity contribution in [2.45, 2.75) is 32.4 Å². The van der Waals surface area contributed by atoms with Crippen molar-refractivity contribution in [1.29, 1.82) is 0 Å². The summed E-state index contributed by atoms with van der Waals surface area (Å²) in [5.41, 5.74) is 7.30. The SMILES string of the molecule is Cc1cc(-c2nnc(CN)n2C2CC2)cc([N+](=O)[O-])c1. The third kappa shape index (κ3) is 2.16. The largest absolute Gasteiger partial charge is 0.324 e. The molecule has 2 aromatic rings. The second kappa shape index (κ2) is 4.68. The monoisotopic (exact) mass is 273 g/mol. The molecule has 3 rings (SSSR count). The number of nitro benzene ring substituents is 1. The maximum absolute atomic E-state index is 11.0. The van der Waals surface area contributed by atoms with E-state index in [0.29, 0.717) is 18.4 Å². The van der Waals surface area contributed by atoms with Crippen molar-refractivity contribution in [1.82, 2.24) is 14.8 Å². The molecular weight excluding hydrogens is 258 g/mol. The molecule has 7 heteroatoms. The normalized spacial score (nSPS) is 14.5. The second-order valence-electron chi connectivity index (χ2n) is 5.06. The Morgan fingerprint density at radius 2 is 2.15 bits per heavy atom. The molecule has 0 unspecified atom stereocenters. The molecule has 1 aromatic carbocycles. The van der Waals surface area contributed by atoms with Gasteiger partial charge in [-0.15, -0.1) is 10.2 Å². The first-order chi connectivity index (χ1) is 9.60. The highest BCUT2D eigenvalue weighted by Gasteiger charge is 2.29. The zero-order chi connectivity index (χ0) is 14.3. The summed E-state index contributed by atoms with van der Waals surface area (Å²) in [5, 5.41) is 19.2. The first-order valence-corrected chi connectivity index (χ1v) is 6.50. The minimum Gasteiger partial charge on any atom is -0.324 e. The van der Waals surface area contributed by atoms with Gasteiger partial charge in [0.25, 0.3) is 5.69 Å². The summed E-state index contributed by atoms with van der Waals surface area (Å²) in [6, 6.07) is 5.34. The average Bonchev–Trinajstić information content (AvgIpc) is 3.16. The van der Waals surface area contributed by atoms with E-state index in [9.17, 15) is 10.1 Å². The molecule has 0 saturated heterocycles. The molecule has 0 radical (unpaired) electrons. The first kappa shape index (κ1) is 12.7. The lowest BCUT2D eigenvalue weighted by atomic mass is 10.1. The van der Waals surface area contributed by atoms with E-state index in [4.69, 9.17) is 5.73 Å². The maximum Gasteiger partial charge on any atom is 0.270 e. The number of non-ortho nitro benzene ring substituents is 1. The van der Waals surface area contributed by atoms with Crippen LogP contribution in [0.4, 0.5) is 5.69 Å². The minimum atomic E-state index is -0.391.